The Labute approximate surface area is 120 Å². The molecule has 120 valence electrons. The van der Waals surface area contributed by atoms with Crippen LogP contribution in [-0.2, 0) is 14.2 Å². The van der Waals surface area contributed by atoms with E-state index >= 15 is 0 Å². The van der Waals surface area contributed by atoms with Crippen LogP contribution >= 0.6 is 0 Å². The molecule has 1 aliphatic heterocycles. The highest BCUT2D eigenvalue weighted by molar-refractivity contribution is 4.90. The Balaban J connectivity index is 2.37. The molecular weight excluding hydrogens is 264 g/mol. The summed E-state index contributed by atoms with van der Waals surface area (Å²) in [5.41, 5.74) is 0. The molecule has 20 heavy (non-hydrogen) atoms. The molecule has 1 heterocycles. The summed E-state index contributed by atoms with van der Waals surface area (Å²) in [6.07, 6.45) is 0.884. The summed E-state index contributed by atoms with van der Waals surface area (Å²) in [6, 6.07) is 0. The average molecular weight is 292 g/mol. The van der Waals surface area contributed by atoms with Crippen LogP contribution < -0.4 is 0 Å². The molecule has 0 amide bonds. The second kappa shape index (κ2) is 9.65. The van der Waals surface area contributed by atoms with Gasteiger partial charge < -0.3 is 29.5 Å². The molecule has 0 bridgehead atoms. The van der Waals surface area contributed by atoms with Gasteiger partial charge in [0.05, 0.1) is 6.61 Å². The van der Waals surface area contributed by atoms with E-state index in [-0.39, 0.29) is 6.61 Å². The third kappa shape index (κ3) is 4.95. The largest absolute Gasteiger partial charge is 0.394 e. The standard InChI is InChI=1S/C14H28O6/c1-3-4-5-6-7-8-19-13-10(9-15)20-14(18-2)12(17)11(13)16/h10-17H,3-9H2,1-2H3/t10-,11-,12-,13-,14+/m1/s1. The lowest BCUT2D eigenvalue weighted by molar-refractivity contribution is -0.301. The Morgan fingerprint density at radius 1 is 1.05 bits per heavy atom. The Bertz CT molecular complexity index is 248. The highest BCUT2D eigenvalue weighted by Gasteiger charge is 2.45. The van der Waals surface area contributed by atoms with Crippen LogP contribution in [0.15, 0.2) is 0 Å². The lowest BCUT2D eigenvalue weighted by atomic mass is 9.99. The predicted molar refractivity (Wildman–Crippen MR) is 73.3 cm³/mol. The van der Waals surface area contributed by atoms with Crippen molar-refractivity contribution in [3.05, 3.63) is 0 Å². The van der Waals surface area contributed by atoms with E-state index in [2.05, 4.69) is 6.92 Å². The van der Waals surface area contributed by atoms with E-state index in [9.17, 15) is 15.3 Å². The number of rotatable bonds is 9. The number of methoxy groups -OCH3 is 1. The van der Waals surface area contributed by atoms with Crippen LogP contribution in [0.4, 0.5) is 0 Å². The van der Waals surface area contributed by atoms with Crippen molar-refractivity contribution in [3.8, 4) is 0 Å². The van der Waals surface area contributed by atoms with Crippen molar-refractivity contribution in [3.63, 3.8) is 0 Å². The van der Waals surface area contributed by atoms with Gasteiger partial charge in [0.25, 0.3) is 0 Å². The van der Waals surface area contributed by atoms with Gasteiger partial charge in [-0.2, -0.15) is 0 Å². The molecule has 1 saturated heterocycles. The SMILES string of the molecule is CCCCCCCO[C@H]1[C@H](O)[C@@H](O)[C@@H](OC)O[C@@H]1CO. The van der Waals surface area contributed by atoms with Gasteiger partial charge in [0.1, 0.15) is 24.4 Å². The van der Waals surface area contributed by atoms with Crippen molar-refractivity contribution in [2.75, 3.05) is 20.3 Å². The third-order valence-corrected chi connectivity index (χ3v) is 3.61. The van der Waals surface area contributed by atoms with Crippen molar-refractivity contribution < 1.29 is 29.5 Å². The fraction of sp³-hybridized carbons (Fsp3) is 1.00. The van der Waals surface area contributed by atoms with Gasteiger partial charge in [0.15, 0.2) is 6.29 Å². The van der Waals surface area contributed by atoms with Gasteiger partial charge in [-0.15, -0.1) is 0 Å². The maximum atomic E-state index is 10.0. The highest BCUT2D eigenvalue weighted by atomic mass is 16.7. The van der Waals surface area contributed by atoms with Crippen LogP contribution in [0, 0.1) is 0 Å². The molecular formula is C14H28O6. The van der Waals surface area contributed by atoms with Gasteiger partial charge in [0, 0.05) is 13.7 Å². The maximum absolute atomic E-state index is 10.0. The summed E-state index contributed by atoms with van der Waals surface area (Å²) in [4.78, 5) is 0. The molecule has 0 aliphatic carbocycles. The van der Waals surface area contributed by atoms with E-state index in [1.54, 1.807) is 0 Å². The Morgan fingerprint density at radius 3 is 2.35 bits per heavy atom. The molecule has 0 aromatic heterocycles. The lowest BCUT2D eigenvalue weighted by Gasteiger charge is -2.41. The monoisotopic (exact) mass is 292 g/mol. The first kappa shape index (κ1) is 17.8. The summed E-state index contributed by atoms with van der Waals surface area (Å²) in [5, 5.41) is 29.2. The summed E-state index contributed by atoms with van der Waals surface area (Å²) in [6.45, 7) is 2.35. The zero-order valence-electron chi connectivity index (χ0n) is 12.4. The van der Waals surface area contributed by atoms with E-state index in [0.29, 0.717) is 6.61 Å². The Morgan fingerprint density at radius 2 is 1.75 bits per heavy atom. The first-order valence-corrected chi connectivity index (χ1v) is 7.42. The number of unbranched alkanes of at least 4 members (excludes halogenated alkanes) is 4. The summed E-state index contributed by atoms with van der Waals surface area (Å²) >= 11 is 0. The van der Waals surface area contributed by atoms with Crippen LogP contribution in [-0.4, -0.2) is 66.3 Å². The molecule has 5 atom stereocenters. The molecule has 6 nitrogen and oxygen atoms in total. The van der Waals surface area contributed by atoms with Crippen molar-refractivity contribution >= 4 is 0 Å². The second-order valence-electron chi connectivity index (χ2n) is 5.19. The molecule has 1 aliphatic rings. The number of ether oxygens (including phenoxy) is 3. The Kier molecular flexibility index (Phi) is 8.60. The molecule has 1 fully saturated rings. The van der Waals surface area contributed by atoms with Gasteiger partial charge in [-0.05, 0) is 6.42 Å². The summed E-state index contributed by atoms with van der Waals surface area (Å²) < 4.78 is 15.9. The van der Waals surface area contributed by atoms with Crippen LogP contribution in [0.5, 0.6) is 0 Å². The minimum atomic E-state index is -1.17. The van der Waals surface area contributed by atoms with Crippen LogP contribution in [0.3, 0.4) is 0 Å². The van der Waals surface area contributed by atoms with Gasteiger partial charge in [0.2, 0.25) is 0 Å². The molecule has 0 aromatic rings. The first-order chi connectivity index (χ1) is 9.65. The molecule has 3 N–H and O–H groups in total. The van der Waals surface area contributed by atoms with E-state index in [1.165, 1.54) is 26.4 Å². The first-order valence-electron chi connectivity index (χ1n) is 7.42. The van der Waals surface area contributed by atoms with Crippen molar-refractivity contribution in [1.29, 1.82) is 0 Å². The minimum absolute atomic E-state index is 0.288. The van der Waals surface area contributed by atoms with Crippen LogP contribution in [0.1, 0.15) is 39.0 Å². The number of aliphatic hydroxyl groups is 3. The smallest absolute Gasteiger partial charge is 0.186 e. The fourth-order valence-corrected chi connectivity index (χ4v) is 2.38. The number of aliphatic hydroxyl groups excluding tert-OH is 3. The number of hydrogen-bond donors (Lipinski definition) is 3. The maximum Gasteiger partial charge on any atom is 0.186 e. The van der Waals surface area contributed by atoms with Gasteiger partial charge in [-0.25, -0.2) is 0 Å². The summed E-state index contributed by atoms with van der Waals surface area (Å²) in [5.74, 6) is 0. The molecule has 0 spiro atoms. The van der Waals surface area contributed by atoms with Crippen LogP contribution in [0.2, 0.25) is 0 Å². The zero-order chi connectivity index (χ0) is 15.0. The molecule has 0 radical (unpaired) electrons. The van der Waals surface area contributed by atoms with Gasteiger partial charge in [-0.3, -0.25) is 0 Å². The molecule has 1 rings (SSSR count). The highest BCUT2D eigenvalue weighted by Crippen LogP contribution is 2.24. The molecule has 0 aromatic carbocycles. The van der Waals surface area contributed by atoms with E-state index in [4.69, 9.17) is 14.2 Å². The predicted octanol–water partition coefficient (Wildman–Crippen LogP) is 0.427. The van der Waals surface area contributed by atoms with Crippen molar-refractivity contribution in [1.82, 2.24) is 0 Å². The molecule has 0 unspecified atom stereocenters. The second-order valence-corrected chi connectivity index (χ2v) is 5.19. The van der Waals surface area contributed by atoms with Crippen molar-refractivity contribution in [2.45, 2.75) is 69.7 Å². The fourth-order valence-electron chi connectivity index (χ4n) is 2.38. The van der Waals surface area contributed by atoms with Crippen molar-refractivity contribution in [2.24, 2.45) is 0 Å². The quantitative estimate of drug-likeness (QED) is 0.534. The average Bonchev–Trinajstić information content (AvgIpc) is 2.47. The normalized spacial score (nSPS) is 34.4. The van der Waals surface area contributed by atoms with Gasteiger partial charge in [-0.1, -0.05) is 32.6 Å². The molecule has 0 saturated carbocycles. The third-order valence-electron chi connectivity index (χ3n) is 3.61. The van der Waals surface area contributed by atoms with Gasteiger partial charge >= 0.3 is 0 Å². The van der Waals surface area contributed by atoms with E-state index in [0.717, 1.165) is 12.8 Å². The summed E-state index contributed by atoms with van der Waals surface area (Å²) in [7, 11) is 1.38. The lowest BCUT2D eigenvalue weighted by Crippen LogP contribution is -2.59. The van der Waals surface area contributed by atoms with E-state index in [1.807, 2.05) is 0 Å². The minimum Gasteiger partial charge on any atom is -0.394 e. The van der Waals surface area contributed by atoms with E-state index < -0.39 is 30.7 Å². The topological polar surface area (TPSA) is 88.4 Å². The molecule has 6 heteroatoms. The number of hydrogen-bond acceptors (Lipinski definition) is 6. The zero-order valence-corrected chi connectivity index (χ0v) is 12.4. The Hall–Kier alpha value is -0.240. The van der Waals surface area contributed by atoms with Crippen LogP contribution in [0.25, 0.3) is 0 Å².